The van der Waals surface area contributed by atoms with E-state index in [1.54, 1.807) is 0 Å². The smallest absolute Gasteiger partial charge is 0.0467 e. The minimum atomic E-state index is -0.112. The Morgan fingerprint density at radius 1 is 0.352 bits per heavy atom. The van der Waals surface area contributed by atoms with Crippen molar-refractivity contribution >= 4 is 70.9 Å². The van der Waals surface area contributed by atoms with E-state index in [1.165, 1.54) is 87.2 Å². The molecular weight excluding hydrogens is 651 g/mol. The van der Waals surface area contributed by atoms with Crippen LogP contribution in [-0.2, 0) is 5.41 Å². The van der Waals surface area contributed by atoms with Gasteiger partial charge in [0.15, 0.2) is 0 Å². The van der Waals surface area contributed by atoms with Gasteiger partial charge >= 0.3 is 0 Å². The molecule has 0 aromatic heterocycles. The number of fused-ring (bicyclic) bond motifs is 6. The first-order chi connectivity index (χ1) is 26.5. The molecule has 1 aliphatic carbocycles. The fourth-order valence-corrected chi connectivity index (χ4v) is 9.49. The first-order valence-electron chi connectivity index (χ1n) is 18.9. The number of hydrogen-bond donors (Lipinski definition) is 0. The lowest BCUT2D eigenvalue weighted by Crippen LogP contribution is -2.16. The van der Waals surface area contributed by atoms with Gasteiger partial charge in [0, 0.05) is 22.5 Å². The molecule has 0 amide bonds. The molecule has 0 radical (unpaired) electrons. The highest BCUT2D eigenvalue weighted by Gasteiger charge is 2.36. The van der Waals surface area contributed by atoms with E-state index in [9.17, 15) is 0 Å². The fraction of sp³-hybridized carbons (Fsp3) is 0.0566. The van der Waals surface area contributed by atoms with Gasteiger partial charge in [0.2, 0.25) is 0 Å². The monoisotopic (exact) mass is 687 g/mol. The van der Waals surface area contributed by atoms with Crippen molar-refractivity contribution in [1.29, 1.82) is 0 Å². The van der Waals surface area contributed by atoms with Crippen LogP contribution in [0.5, 0.6) is 0 Å². The molecule has 0 aliphatic heterocycles. The number of rotatable bonds is 5. The van der Waals surface area contributed by atoms with E-state index in [2.05, 4.69) is 207 Å². The summed E-state index contributed by atoms with van der Waals surface area (Å²) in [6, 6.07) is 69.5. The molecule has 11 rings (SSSR count). The number of benzene rings is 10. The van der Waals surface area contributed by atoms with Gasteiger partial charge in [-0.25, -0.2) is 0 Å². The van der Waals surface area contributed by atoms with Crippen molar-refractivity contribution in [3.8, 4) is 22.3 Å². The van der Waals surface area contributed by atoms with Gasteiger partial charge in [0.25, 0.3) is 0 Å². The van der Waals surface area contributed by atoms with Gasteiger partial charge < -0.3 is 4.90 Å². The molecule has 1 aliphatic rings. The van der Waals surface area contributed by atoms with Gasteiger partial charge in [-0.15, -0.1) is 0 Å². The third-order valence-electron chi connectivity index (χ3n) is 11.9. The predicted octanol–water partition coefficient (Wildman–Crippen LogP) is 14.9. The van der Waals surface area contributed by atoms with Crippen LogP contribution in [0.25, 0.3) is 76.1 Å². The summed E-state index contributed by atoms with van der Waals surface area (Å²) in [4.78, 5) is 2.40. The quantitative estimate of drug-likeness (QED) is 0.163. The molecular formula is C53H37N. The number of para-hydroxylation sites is 1. The molecule has 0 spiro atoms. The van der Waals surface area contributed by atoms with E-state index in [1.807, 2.05) is 0 Å². The van der Waals surface area contributed by atoms with E-state index >= 15 is 0 Å². The third-order valence-corrected chi connectivity index (χ3v) is 11.9. The van der Waals surface area contributed by atoms with Crippen LogP contribution in [0.4, 0.5) is 17.1 Å². The largest absolute Gasteiger partial charge is 0.310 e. The molecule has 0 N–H and O–H groups in total. The van der Waals surface area contributed by atoms with Gasteiger partial charge in [-0.3, -0.25) is 0 Å². The Morgan fingerprint density at radius 2 is 0.870 bits per heavy atom. The van der Waals surface area contributed by atoms with Crippen molar-refractivity contribution in [2.75, 3.05) is 4.90 Å². The van der Waals surface area contributed by atoms with Crippen LogP contribution in [-0.4, -0.2) is 0 Å². The van der Waals surface area contributed by atoms with E-state index < -0.39 is 0 Å². The van der Waals surface area contributed by atoms with Crippen LogP contribution < -0.4 is 4.90 Å². The van der Waals surface area contributed by atoms with Gasteiger partial charge in [0.05, 0.1) is 0 Å². The summed E-state index contributed by atoms with van der Waals surface area (Å²) in [7, 11) is 0. The SMILES string of the molecule is CC1(C)c2cccc3ccc4ccc(-c5cccc(N(c6ccccc6)c6cccc(-c7ccc8c9ccccc9c9ccccc9c8c7)c6)c5)c1c4c23. The summed E-state index contributed by atoms with van der Waals surface area (Å²) in [5.74, 6) is 0. The standard InChI is InChI=1S/C53H37N/c1-53(2)49-24-12-13-34-25-26-35-27-29-42(52(53)51(35)50(34)49)38-15-11-19-41(32-38)54(39-16-4-3-5-17-39)40-18-10-14-36(31-40)37-28-30-47-45-22-7-6-20-43(45)44-21-8-9-23-46(44)48(47)33-37/h3-33H,1-2H3. The maximum atomic E-state index is 2.40. The summed E-state index contributed by atoms with van der Waals surface area (Å²) in [6.07, 6.45) is 0. The van der Waals surface area contributed by atoms with E-state index in [4.69, 9.17) is 0 Å². The van der Waals surface area contributed by atoms with Crippen LogP contribution in [0.3, 0.4) is 0 Å². The Hall–Kier alpha value is -6.70. The van der Waals surface area contributed by atoms with Crippen molar-refractivity contribution in [2.24, 2.45) is 0 Å². The first kappa shape index (κ1) is 30.9. The Kier molecular flexibility index (Phi) is 6.66. The zero-order valence-electron chi connectivity index (χ0n) is 30.3. The molecule has 0 unspecified atom stereocenters. The Balaban J connectivity index is 1.07. The van der Waals surface area contributed by atoms with Crippen LogP contribution in [0.2, 0.25) is 0 Å². The summed E-state index contributed by atoms with van der Waals surface area (Å²) in [6.45, 7) is 4.79. The molecule has 254 valence electrons. The summed E-state index contributed by atoms with van der Waals surface area (Å²) >= 11 is 0. The van der Waals surface area contributed by atoms with Crippen molar-refractivity contribution in [3.63, 3.8) is 0 Å². The van der Waals surface area contributed by atoms with E-state index in [0.29, 0.717) is 0 Å². The van der Waals surface area contributed by atoms with Crippen LogP contribution in [0.15, 0.2) is 188 Å². The molecule has 0 saturated carbocycles. The maximum absolute atomic E-state index is 2.40. The van der Waals surface area contributed by atoms with Crippen molar-refractivity contribution < 1.29 is 0 Å². The zero-order chi connectivity index (χ0) is 36.0. The maximum Gasteiger partial charge on any atom is 0.0467 e. The lowest BCUT2D eigenvalue weighted by Gasteiger charge is -2.28. The van der Waals surface area contributed by atoms with Crippen molar-refractivity contribution in [3.05, 3.63) is 199 Å². The first-order valence-corrected chi connectivity index (χ1v) is 18.9. The fourth-order valence-electron chi connectivity index (χ4n) is 9.49. The molecule has 0 heterocycles. The van der Waals surface area contributed by atoms with Gasteiger partial charge in [-0.05, 0) is 130 Å². The highest BCUT2D eigenvalue weighted by Crippen LogP contribution is 2.52. The minimum Gasteiger partial charge on any atom is -0.310 e. The number of nitrogens with zero attached hydrogens (tertiary/aromatic N) is 1. The average Bonchev–Trinajstić information content (AvgIpc) is 3.48. The minimum absolute atomic E-state index is 0.112. The molecule has 0 fully saturated rings. The summed E-state index contributed by atoms with van der Waals surface area (Å²) < 4.78 is 0. The predicted molar refractivity (Wildman–Crippen MR) is 232 cm³/mol. The Labute approximate surface area is 315 Å². The summed E-state index contributed by atoms with van der Waals surface area (Å²) in [5.41, 5.74) is 11.0. The average molecular weight is 688 g/mol. The molecule has 10 aromatic rings. The molecule has 10 aromatic carbocycles. The third kappa shape index (κ3) is 4.52. The normalized spacial score (nSPS) is 13.1. The van der Waals surface area contributed by atoms with Gasteiger partial charge in [-0.1, -0.05) is 159 Å². The second-order valence-electron chi connectivity index (χ2n) is 15.3. The van der Waals surface area contributed by atoms with Crippen LogP contribution in [0, 0.1) is 0 Å². The van der Waals surface area contributed by atoms with E-state index in [-0.39, 0.29) is 5.41 Å². The second-order valence-corrected chi connectivity index (χ2v) is 15.3. The Bertz CT molecular complexity index is 3100. The lowest BCUT2D eigenvalue weighted by atomic mass is 9.78. The van der Waals surface area contributed by atoms with Crippen LogP contribution >= 0.6 is 0 Å². The highest BCUT2D eigenvalue weighted by atomic mass is 15.1. The summed E-state index contributed by atoms with van der Waals surface area (Å²) in [5, 5.41) is 13.2. The number of anilines is 3. The molecule has 1 nitrogen and oxygen atoms in total. The molecule has 1 heteroatoms. The topological polar surface area (TPSA) is 3.24 Å². The zero-order valence-corrected chi connectivity index (χ0v) is 30.3. The van der Waals surface area contributed by atoms with Gasteiger partial charge in [-0.2, -0.15) is 0 Å². The molecule has 0 saturated heterocycles. The molecule has 0 bridgehead atoms. The number of hydrogen-bond acceptors (Lipinski definition) is 1. The molecule has 0 atom stereocenters. The van der Waals surface area contributed by atoms with Gasteiger partial charge in [0.1, 0.15) is 0 Å². The second kappa shape index (κ2) is 11.7. The van der Waals surface area contributed by atoms with E-state index in [0.717, 1.165) is 17.1 Å². The Morgan fingerprint density at radius 3 is 1.57 bits per heavy atom. The van der Waals surface area contributed by atoms with Crippen molar-refractivity contribution in [1.82, 2.24) is 0 Å². The lowest BCUT2D eigenvalue weighted by molar-refractivity contribution is 0.664. The van der Waals surface area contributed by atoms with Crippen LogP contribution in [0.1, 0.15) is 25.0 Å². The highest BCUT2D eigenvalue weighted by molar-refractivity contribution is 6.25. The molecule has 54 heavy (non-hydrogen) atoms. The van der Waals surface area contributed by atoms with Crippen molar-refractivity contribution in [2.45, 2.75) is 19.3 Å².